The van der Waals surface area contributed by atoms with Crippen molar-refractivity contribution >= 4 is 57.2 Å². The predicted octanol–water partition coefficient (Wildman–Crippen LogP) is 5.40. The molecule has 34 heavy (non-hydrogen) atoms. The number of amides is 2. The molecule has 0 aliphatic heterocycles. The van der Waals surface area contributed by atoms with E-state index in [0.717, 1.165) is 15.6 Å². The Bertz CT molecular complexity index is 1160. The van der Waals surface area contributed by atoms with Crippen molar-refractivity contribution in [2.75, 3.05) is 0 Å². The molecule has 0 aliphatic carbocycles. The Labute approximate surface area is 216 Å². The molecule has 2 atom stereocenters. The van der Waals surface area contributed by atoms with Crippen molar-refractivity contribution in [3.63, 3.8) is 0 Å². The van der Waals surface area contributed by atoms with Gasteiger partial charge in [0.15, 0.2) is 6.10 Å². The van der Waals surface area contributed by atoms with Gasteiger partial charge in [0.05, 0.1) is 11.2 Å². The van der Waals surface area contributed by atoms with Gasteiger partial charge in [0.25, 0.3) is 11.8 Å². The molecule has 9 heteroatoms. The molecule has 176 valence electrons. The number of rotatable bonds is 9. The van der Waals surface area contributed by atoms with E-state index in [1.165, 1.54) is 12.3 Å². The Morgan fingerprint density at radius 3 is 2.41 bits per heavy atom. The zero-order valence-electron chi connectivity index (χ0n) is 18.2. The molecular weight excluding hydrogens is 541 g/mol. The standard InChI is InChI=1S/C25H22BrCl2N3O3/c1-16(34-23-12-11-20(27)14-21(23)28)24(32)30-22(13-17-5-3-2-4-6-17)25(33)31-29-15-18-7-9-19(26)10-8-18/h2-12,14-16,22H,13H2,1H3,(H,30,32)(H,31,33)/b29-15-/t16-,22+/m1/s1. The smallest absolute Gasteiger partial charge is 0.262 e. The van der Waals surface area contributed by atoms with Gasteiger partial charge in [0.1, 0.15) is 11.8 Å². The second kappa shape index (κ2) is 12.6. The molecule has 6 nitrogen and oxygen atoms in total. The maximum atomic E-state index is 12.9. The molecular formula is C25H22BrCl2N3O3. The third-order valence-electron chi connectivity index (χ3n) is 4.74. The van der Waals surface area contributed by atoms with Crippen molar-refractivity contribution in [3.05, 3.63) is 98.4 Å². The summed E-state index contributed by atoms with van der Waals surface area (Å²) in [5.74, 6) is -0.613. The normalized spacial score (nSPS) is 12.7. The summed E-state index contributed by atoms with van der Waals surface area (Å²) >= 11 is 15.4. The van der Waals surface area contributed by atoms with Crippen LogP contribution in [0, 0.1) is 0 Å². The number of hydrogen-bond acceptors (Lipinski definition) is 4. The van der Waals surface area contributed by atoms with E-state index >= 15 is 0 Å². The minimum Gasteiger partial charge on any atom is -0.479 e. The van der Waals surface area contributed by atoms with Gasteiger partial charge in [-0.15, -0.1) is 0 Å². The summed E-state index contributed by atoms with van der Waals surface area (Å²) in [4.78, 5) is 25.7. The third kappa shape index (κ3) is 7.87. The van der Waals surface area contributed by atoms with E-state index in [1.807, 2.05) is 54.6 Å². The highest BCUT2D eigenvalue weighted by molar-refractivity contribution is 9.10. The number of carbonyl (C=O) groups is 2. The second-order valence-electron chi connectivity index (χ2n) is 7.37. The number of ether oxygens (including phenoxy) is 1. The van der Waals surface area contributed by atoms with Crippen LogP contribution in [0.5, 0.6) is 5.75 Å². The molecule has 3 rings (SSSR count). The fourth-order valence-corrected chi connectivity index (χ4v) is 3.68. The van der Waals surface area contributed by atoms with E-state index in [1.54, 1.807) is 19.1 Å². The van der Waals surface area contributed by atoms with E-state index in [-0.39, 0.29) is 11.4 Å². The lowest BCUT2D eigenvalue weighted by atomic mass is 10.1. The predicted molar refractivity (Wildman–Crippen MR) is 139 cm³/mol. The SMILES string of the molecule is C[C@@H](Oc1ccc(Cl)cc1Cl)C(=O)N[C@@H](Cc1ccccc1)C(=O)N/N=C\c1ccc(Br)cc1. The van der Waals surface area contributed by atoms with Crippen LogP contribution in [-0.4, -0.2) is 30.2 Å². The van der Waals surface area contributed by atoms with Crippen molar-refractivity contribution in [1.82, 2.24) is 10.7 Å². The van der Waals surface area contributed by atoms with Crippen molar-refractivity contribution in [2.24, 2.45) is 5.10 Å². The van der Waals surface area contributed by atoms with Gasteiger partial charge in [-0.25, -0.2) is 5.43 Å². The molecule has 0 heterocycles. The molecule has 3 aromatic rings. The van der Waals surface area contributed by atoms with Gasteiger partial charge >= 0.3 is 0 Å². The molecule has 0 saturated carbocycles. The van der Waals surface area contributed by atoms with Crippen LogP contribution in [0.25, 0.3) is 0 Å². The first-order valence-electron chi connectivity index (χ1n) is 10.4. The number of nitrogens with one attached hydrogen (secondary N) is 2. The summed E-state index contributed by atoms with van der Waals surface area (Å²) in [6, 6.07) is 20.7. The summed E-state index contributed by atoms with van der Waals surface area (Å²) in [6.45, 7) is 1.57. The first kappa shape index (κ1) is 25.7. The Hall–Kier alpha value is -2.87. The third-order valence-corrected chi connectivity index (χ3v) is 5.80. The van der Waals surface area contributed by atoms with Gasteiger partial charge < -0.3 is 10.1 Å². The largest absolute Gasteiger partial charge is 0.479 e. The summed E-state index contributed by atoms with van der Waals surface area (Å²) in [5, 5.41) is 7.51. The number of halogens is 3. The van der Waals surface area contributed by atoms with E-state index in [0.29, 0.717) is 10.8 Å². The lowest BCUT2D eigenvalue weighted by molar-refractivity contribution is -0.132. The van der Waals surface area contributed by atoms with Gasteiger partial charge in [0.2, 0.25) is 0 Å². The topological polar surface area (TPSA) is 79.8 Å². The highest BCUT2D eigenvalue weighted by atomic mass is 79.9. The Morgan fingerprint density at radius 2 is 1.74 bits per heavy atom. The molecule has 0 bridgehead atoms. The molecule has 0 spiro atoms. The highest BCUT2D eigenvalue weighted by Gasteiger charge is 2.25. The Balaban J connectivity index is 1.68. The Kier molecular flexibility index (Phi) is 9.51. The summed E-state index contributed by atoms with van der Waals surface area (Å²) in [7, 11) is 0. The van der Waals surface area contributed by atoms with Gasteiger partial charge in [-0.2, -0.15) is 5.10 Å². The van der Waals surface area contributed by atoms with Crippen LogP contribution in [0.4, 0.5) is 0 Å². The summed E-state index contributed by atoms with van der Waals surface area (Å²) in [5.41, 5.74) is 4.20. The lowest BCUT2D eigenvalue weighted by Crippen LogP contribution is -2.50. The Morgan fingerprint density at radius 1 is 1.03 bits per heavy atom. The zero-order chi connectivity index (χ0) is 24.5. The number of hydrazone groups is 1. The van der Waals surface area contributed by atoms with E-state index in [4.69, 9.17) is 27.9 Å². The molecule has 2 amide bonds. The zero-order valence-corrected chi connectivity index (χ0v) is 21.3. The molecule has 3 aromatic carbocycles. The van der Waals surface area contributed by atoms with Crippen LogP contribution in [0.15, 0.2) is 82.4 Å². The molecule has 0 saturated heterocycles. The van der Waals surface area contributed by atoms with E-state index in [2.05, 4.69) is 31.8 Å². The van der Waals surface area contributed by atoms with Crippen molar-refractivity contribution in [2.45, 2.75) is 25.5 Å². The van der Waals surface area contributed by atoms with Crippen LogP contribution < -0.4 is 15.5 Å². The minimum atomic E-state index is -0.906. The van der Waals surface area contributed by atoms with Crippen LogP contribution >= 0.6 is 39.1 Å². The molecule has 2 N–H and O–H groups in total. The molecule has 0 radical (unpaired) electrons. The lowest BCUT2D eigenvalue weighted by Gasteiger charge is -2.21. The minimum absolute atomic E-state index is 0.278. The average Bonchev–Trinajstić information content (AvgIpc) is 2.82. The van der Waals surface area contributed by atoms with Gasteiger partial charge in [0, 0.05) is 15.9 Å². The van der Waals surface area contributed by atoms with Crippen molar-refractivity contribution < 1.29 is 14.3 Å². The average molecular weight is 563 g/mol. The number of nitrogens with zero attached hydrogens (tertiary/aromatic N) is 1. The summed E-state index contributed by atoms with van der Waals surface area (Å²) in [6.07, 6.45) is 0.900. The van der Waals surface area contributed by atoms with Crippen LogP contribution in [0.1, 0.15) is 18.1 Å². The summed E-state index contributed by atoms with van der Waals surface area (Å²) < 4.78 is 6.61. The quantitative estimate of drug-likeness (QED) is 0.271. The number of hydrogen-bond donors (Lipinski definition) is 2. The second-order valence-corrected chi connectivity index (χ2v) is 9.13. The fourth-order valence-electron chi connectivity index (χ4n) is 2.96. The van der Waals surface area contributed by atoms with Crippen LogP contribution in [0.2, 0.25) is 10.0 Å². The maximum absolute atomic E-state index is 12.9. The number of carbonyl (C=O) groups excluding carboxylic acids is 2. The fraction of sp³-hybridized carbons (Fsp3) is 0.160. The molecule has 0 aromatic heterocycles. The van der Waals surface area contributed by atoms with Gasteiger partial charge in [-0.3, -0.25) is 9.59 Å². The van der Waals surface area contributed by atoms with Crippen LogP contribution in [0.3, 0.4) is 0 Å². The van der Waals surface area contributed by atoms with Gasteiger partial charge in [-0.05, 0) is 48.4 Å². The van der Waals surface area contributed by atoms with Crippen molar-refractivity contribution in [3.8, 4) is 5.75 Å². The van der Waals surface area contributed by atoms with Crippen LogP contribution in [-0.2, 0) is 16.0 Å². The van der Waals surface area contributed by atoms with Crippen molar-refractivity contribution in [1.29, 1.82) is 0 Å². The molecule has 0 fully saturated rings. The highest BCUT2D eigenvalue weighted by Crippen LogP contribution is 2.28. The molecule has 0 unspecified atom stereocenters. The monoisotopic (exact) mass is 561 g/mol. The maximum Gasteiger partial charge on any atom is 0.262 e. The van der Waals surface area contributed by atoms with Gasteiger partial charge in [-0.1, -0.05) is 81.6 Å². The molecule has 0 aliphatic rings. The van der Waals surface area contributed by atoms with E-state index in [9.17, 15) is 9.59 Å². The number of benzene rings is 3. The van der Waals surface area contributed by atoms with E-state index < -0.39 is 24.0 Å². The first-order valence-corrected chi connectivity index (χ1v) is 11.9. The first-order chi connectivity index (χ1) is 16.3.